The summed E-state index contributed by atoms with van der Waals surface area (Å²) in [5.41, 5.74) is -0.468. The third-order valence-corrected chi connectivity index (χ3v) is 2.34. The fourth-order valence-electron chi connectivity index (χ4n) is 1.50. The van der Waals surface area contributed by atoms with Crippen molar-refractivity contribution in [1.82, 2.24) is 4.90 Å². The molecule has 1 aliphatic rings. The topological polar surface area (TPSA) is 49.8 Å². The first kappa shape index (κ1) is 11.3. The van der Waals surface area contributed by atoms with Gasteiger partial charge < -0.3 is 14.7 Å². The molecule has 0 saturated carbocycles. The monoisotopic (exact) mass is 201 g/mol. The second-order valence-corrected chi connectivity index (χ2v) is 4.77. The summed E-state index contributed by atoms with van der Waals surface area (Å²) in [4.78, 5) is 13.2. The summed E-state index contributed by atoms with van der Waals surface area (Å²) in [6.07, 6.45) is -0.107. The highest BCUT2D eigenvalue weighted by molar-refractivity contribution is 5.69. The van der Waals surface area contributed by atoms with Gasteiger partial charge in [-0.15, -0.1) is 0 Å². The van der Waals surface area contributed by atoms with Crippen molar-refractivity contribution >= 4 is 6.09 Å². The number of carbonyl (C=O) groups excluding carboxylic acids is 1. The number of likely N-dealkylation sites (tertiary alicyclic amines) is 1. The van der Waals surface area contributed by atoms with Gasteiger partial charge in [0.05, 0.1) is 12.1 Å². The number of aliphatic hydroxyl groups is 1. The summed E-state index contributed by atoms with van der Waals surface area (Å²) in [5, 5.41) is 9.47. The van der Waals surface area contributed by atoms with Crippen LogP contribution in [-0.2, 0) is 4.74 Å². The van der Waals surface area contributed by atoms with E-state index in [1.165, 1.54) is 0 Å². The molecule has 0 aromatic heterocycles. The maximum Gasteiger partial charge on any atom is 0.410 e. The number of amides is 1. The summed E-state index contributed by atoms with van der Waals surface area (Å²) >= 11 is 0. The Morgan fingerprint density at radius 3 is 2.43 bits per heavy atom. The summed E-state index contributed by atoms with van der Waals surface area (Å²) in [6.45, 7) is 7.92. The van der Waals surface area contributed by atoms with E-state index in [4.69, 9.17) is 4.74 Å². The minimum Gasteiger partial charge on any atom is -0.444 e. The zero-order valence-corrected chi connectivity index (χ0v) is 9.28. The molecule has 1 heterocycles. The van der Waals surface area contributed by atoms with Gasteiger partial charge in [0.1, 0.15) is 5.60 Å². The fourth-order valence-corrected chi connectivity index (χ4v) is 1.50. The average Bonchev–Trinajstić information content (AvgIpc) is 2.29. The SMILES string of the molecule is CC1[C@H](O)CCN1C(=O)OC(C)(C)C. The molecule has 0 aliphatic carbocycles. The maximum atomic E-state index is 11.6. The van der Waals surface area contributed by atoms with E-state index in [-0.39, 0.29) is 12.1 Å². The normalized spacial score (nSPS) is 27.9. The molecule has 1 amide bonds. The highest BCUT2D eigenvalue weighted by Crippen LogP contribution is 2.20. The summed E-state index contributed by atoms with van der Waals surface area (Å²) < 4.78 is 5.22. The van der Waals surface area contributed by atoms with E-state index in [1.807, 2.05) is 27.7 Å². The van der Waals surface area contributed by atoms with Crippen LogP contribution in [0.15, 0.2) is 0 Å². The molecule has 2 atom stereocenters. The number of carbonyl (C=O) groups is 1. The number of aliphatic hydroxyl groups excluding tert-OH is 1. The molecule has 82 valence electrons. The van der Waals surface area contributed by atoms with Crippen molar-refractivity contribution in [2.75, 3.05) is 6.54 Å². The first-order valence-electron chi connectivity index (χ1n) is 4.99. The second kappa shape index (κ2) is 3.77. The van der Waals surface area contributed by atoms with Crippen LogP contribution in [0.2, 0.25) is 0 Å². The van der Waals surface area contributed by atoms with Crippen LogP contribution in [0, 0.1) is 0 Å². The van der Waals surface area contributed by atoms with Crippen molar-refractivity contribution in [3.63, 3.8) is 0 Å². The first-order chi connectivity index (χ1) is 6.31. The lowest BCUT2D eigenvalue weighted by atomic mass is 10.2. The molecule has 1 N–H and O–H groups in total. The Balaban J connectivity index is 2.54. The van der Waals surface area contributed by atoms with Crippen LogP contribution in [0.25, 0.3) is 0 Å². The largest absolute Gasteiger partial charge is 0.444 e. The van der Waals surface area contributed by atoms with Crippen molar-refractivity contribution in [2.45, 2.75) is 51.9 Å². The second-order valence-electron chi connectivity index (χ2n) is 4.77. The Morgan fingerprint density at radius 1 is 1.50 bits per heavy atom. The molecule has 0 radical (unpaired) electrons. The molecule has 1 saturated heterocycles. The molecule has 1 fully saturated rings. The molecule has 14 heavy (non-hydrogen) atoms. The Morgan fingerprint density at radius 2 is 2.07 bits per heavy atom. The quantitative estimate of drug-likeness (QED) is 0.644. The van der Waals surface area contributed by atoms with Gasteiger partial charge >= 0.3 is 6.09 Å². The molecule has 0 spiro atoms. The van der Waals surface area contributed by atoms with Gasteiger partial charge in [-0.3, -0.25) is 0 Å². The van der Waals surface area contributed by atoms with Gasteiger partial charge in [-0.2, -0.15) is 0 Å². The third kappa shape index (κ3) is 2.61. The van der Waals surface area contributed by atoms with Crippen molar-refractivity contribution in [3.8, 4) is 0 Å². The first-order valence-corrected chi connectivity index (χ1v) is 4.99. The van der Waals surface area contributed by atoms with Gasteiger partial charge in [0.2, 0.25) is 0 Å². The van der Waals surface area contributed by atoms with Crippen LogP contribution < -0.4 is 0 Å². The minimum atomic E-state index is -0.468. The smallest absolute Gasteiger partial charge is 0.410 e. The van der Waals surface area contributed by atoms with Gasteiger partial charge in [0, 0.05) is 6.54 Å². The Labute approximate surface area is 84.8 Å². The number of ether oxygens (including phenoxy) is 1. The lowest BCUT2D eigenvalue weighted by Gasteiger charge is -2.27. The molecule has 1 rings (SSSR count). The highest BCUT2D eigenvalue weighted by atomic mass is 16.6. The van der Waals surface area contributed by atoms with Crippen molar-refractivity contribution in [3.05, 3.63) is 0 Å². The van der Waals surface area contributed by atoms with Crippen molar-refractivity contribution in [1.29, 1.82) is 0 Å². The Kier molecular flexibility index (Phi) is 3.04. The van der Waals surface area contributed by atoms with Crippen LogP contribution in [0.1, 0.15) is 34.1 Å². The Bertz CT molecular complexity index is 222. The van der Waals surface area contributed by atoms with Gasteiger partial charge in [0.25, 0.3) is 0 Å². The van der Waals surface area contributed by atoms with E-state index in [0.29, 0.717) is 13.0 Å². The van der Waals surface area contributed by atoms with E-state index in [1.54, 1.807) is 4.90 Å². The lowest BCUT2D eigenvalue weighted by Crippen LogP contribution is -2.40. The zero-order chi connectivity index (χ0) is 10.9. The van der Waals surface area contributed by atoms with Crippen LogP contribution >= 0.6 is 0 Å². The van der Waals surface area contributed by atoms with E-state index >= 15 is 0 Å². The standard InChI is InChI=1S/C10H19NO3/c1-7-8(12)5-6-11(7)9(13)14-10(2,3)4/h7-8,12H,5-6H2,1-4H3/t7?,8-/m1/s1. The van der Waals surface area contributed by atoms with Crippen LogP contribution in [0.5, 0.6) is 0 Å². The van der Waals surface area contributed by atoms with E-state index in [9.17, 15) is 9.90 Å². The molecular formula is C10H19NO3. The molecule has 1 unspecified atom stereocenters. The van der Waals surface area contributed by atoms with E-state index in [2.05, 4.69) is 0 Å². The average molecular weight is 201 g/mol. The van der Waals surface area contributed by atoms with Crippen molar-refractivity contribution < 1.29 is 14.6 Å². The van der Waals surface area contributed by atoms with E-state index < -0.39 is 11.7 Å². The predicted octanol–water partition coefficient (Wildman–Crippen LogP) is 1.38. The zero-order valence-electron chi connectivity index (χ0n) is 9.28. The molecule has 0 aromatic rings. The lowest BCUT2D eigenvalue weighted by molar-refractivity contribution is 0.0178. The molecule has 4 heteroatoms. The fraction of sp³-hybridized carbons (Fsp3) is 0.900. The number of hydrogen-bond acceptors (Lipinski definition) is 3. The maximum absolute atomic E-state index is 11.6. The Hall–Kier alpha value is -0.770. The van der Waals surface area contributed by atoms with E-state index in [0.717, 1.165) is 0 Å². The number of nitrogens with zero attached hydrogens (tertiary/aromatic N) is 1. The van der Waals surface area contributed by atoms with Gasteiger partial charge in [0.15, 0.2) is 0 Å². The minimum absolute atomic E-state index is 0.134. The summed E-state index contributed by atoms with van der Waals surface area (Å²) in [6, 6.07) is -0.134. The van der Waals surface area contributed by atoms with Crippen LogP contribution in [0.3, 0.4) is 0 Å². The molecule has 4 nitrogen and oxygen atoms in total. The molecule has 0 bridgehead atoms. The molecule has 1 aliphatic heterocycles. The van der Waals surface area contributed by atoms with Gasteiger partial charge in [-0.25, -0.2) is 4.79 Å². The number of hydrogen-bond donors (Lipinski definition) is 1. The highest BCUT2D eigenvalue weighted by Gasteiger charge is 2.34. The number of rotatable bonds is 0. The third-order valence-electron chi connectivity index (χ3n) is 2.34. The van der Waals surface area contributed by atoms with Gasteiger partial charge in [-0.1, -0.05) is 0 Å². The van der Waals surface area contributed by atoms with Crippen molar-refractivity contribution in [2.24, 2.45) is 0 Å². The molecular weight excluding hydrogens is 182 g/mol. The van der Waals surface area contributed by atoms with Crippen LogP contribution in [0.4, 0.5) is 4.79 Å². The molecule has 0 aromatic carbocycles. The summed E-state index contributed by atoms with van der Waals surface area (Å²) in [7, 11) is 0. The predicted molar refractivity (Wildman–Crippen MR) is 53.0 cm³/mol. The van der Waals surface area contributed by atoms with Crippen LogP contribution in [-0.4, -0.2) is 40.4 Å². The van der Waals surface area contributed by atoms with Gasteiger partial charge in [-0.05, 0) is 34.1 Å². The summed E-state index contributed by atoms with van der Waals surface area (Å²) in [5.74, 6) is 0.